The summed E-state index contributed by atoms with van der Waals surface area (Å²) in [7, 11) is 0. The maximum absolute atomic E-state index is 9.37. The third-order valence-electron chi connectivity index (χ3n) is 3.82. The van der Waals surface area contributed by atoms with Gasteiger partial charge in [0.25, 0.3) is 0 Å². The van der Waals surface area contributed by atoms with Crippen molar-refractivity contribution in [2.45, 2.75) is 51.1 Å². The Morgan fingerprint density at radius 1 is 1.47 bits per heavy atom. The summed E-state index contributed by atoms with van der Waals surface area (Å²) in [6, 6.07) is 0.506. The van der Waals surface area contributed by atoms with Gasteiger partial charge in [-0.25, -0.2) is 0 Å². The first-order valence-corrected chi connectivity index (χ1v) is 6.86. The van der Waals surface area contributed by atoms with Crippen LogP contribution >= 0.6 is 0 Å². The molecule has 1 aliphatic carbocycles. The molecule has 0 saturated heterocycles. The third-order valence-corrected chi connectivity index (χ3v) is 3.82. The SMILES string of the molecule is CCOCCN(CC)C1CCCC(N)(CO)C1. The van der Waals surface area contributed by atoms with E-state index in [1.165, 1.54) is 6.42 Å². The van der Waals surface area contributed by atoms with Crippen molar-refractivity contribution in [3.05, 3.63) is 0 Å². The predicted molar refractivity (Wildman–Crippen MR) is 70.0 cm³/mol. The highest BCUT2D eigenvalue weighted by molar-refractivity contribution is 4.93. The molecule has 1 aliphatic rings. The zero-order valence-electron chi connectivity index (χ0n) is 11.3. The zero-order valence-corrected chi connectivity index (χ0v) is 11.3. The minimum atomic E-state index is -0.359. The monoisotopic (exact) mass is 244 g/mol. The Hall–Kier alpha value is -0.160. The van der Waals surface area contributed by atoms with Crippen LogP contribution < -0.4 is 5.73 Å². The van der Waals surface area contributed by atoms with Gasteiger partial charge in [-0.15, -0.1) is 0 Å². The lowest BCUT2D eigenvalue weighted by molar-refractivity contribution is 0.0562. The number of rotatable bonds is 7. The standard InChI is InChI=1S/C13H28N2O2/c1-3-15(8-9-17-4-2)12-6-5-7-13(14,10-12)11-16/h12,16H,3-11,14H2,1-2H3. The van der Waals surface area contributed by atoms with E-state index in [1.807, 2.05) is 6.92 Å². The second kappa shape index (κ2) is 7.31. The maximum Gasteiger partial charge on any atom is 0.0611 e. The van der Waals surface area contributed by atoms with Crippen molar-refractivity contribution in [2.75, 3.05) is 32.9 Å². The molecule has 1 saturated carbocycles. The molecule has 0 aromatic carbocycles. The summed E-state index contributed by atoms with van der Waals surface area (Å²) in [6.07, 6.45) is 4.16. The van der Waals surface area contributed by atoms with Gasteiger partial charge >= 0.3 is 0 Å². The fourth-order valence-corrected chi connectivity index (χ4v) is 2.74. The molecule has 102 valence electrons. The van der Waals surface area contributed by atoms with Crippen molar-refractivity contribution in [1.29, 1.82) is 0 Å². The molecule has 1 fully saturated rings. The van der Waals surface area contributed by atoms with Crippen LogP contribution in [0.4, 0.5) is 0 Å². The fraction of sp³-hybridized carbons (Fsp3) is 1.00. The van der Waals surface area contributed by atoms with E-state index in [0.29, 0.717) is 6.04 Å². The number of nitrogens with zero attached hydrogens (tertiary/aromatic N) is 1. The van der Waals surface area contributed by atoms with Crippen molar-refractivity contribution in [2.24, 2.45) is 5.73 Å². The van der Waals surface area contributed by atoms with Gasteiger partial charge in [-0.2, -0.15) is 0 Å². The molecule has 0 radical (unpaired) electrons. The molecule has 2 atom stereocenters. The van der Waals surface area contributed by atoms with E-state index in [9.17, 15) is 5.11 Å². The highest BCUT2D eigenvalue weighted by Gasteiger charge is 2.34. The van der Waals surface area contributed by atoms with Crippen molar-refractivity contribution >= 4 is 0 Å². The van der Waals surface area contributed by atoms with Crippen molar-refractivity contribution in [3.8, 4) is 0 Å². The van der Waals surface area contributed by atoms with Gasteiger partial charge in [-0.05, 0) is 39.2 Å². The van der Waals surface area contributed by atoms with Gasteiger partial charge in [0, 0.05) is 24.7 Å². The molecule has 0 spiro atoms. The minimum Gasteiger partial charge on any atom is -0.394 e. The molecule has 2 unspecified atom stereocenters. The third kappa shape index (κ3) is 4.54. The van der Waals surface area contributed by atoms with Gasteiger partial charge < -0.3 is 15.6 Å². The Kier molecular flexibility index (Phi) is 6.41. The molecule has 17 heavy (non-hydrogen) atoms. The molecular weight excluding hydrogens is 216 g/mol. The van der Waals surface area contributed by atoms with E-state index in [0.717, 1.165) is 45.6 Å². The topological polar surface area (TPSA) is 58.7 Å². The van der Waals surface area contributed by atoms with E-state index < -0.39 is 0 Å². The Balaban J connectivity index is 2.44. The Morgan fingerprint density at radius 3 is 2.82 bits per heavy atom. The fourth-order valence-electron chi connectivity index (χ4n) is 2.74. The molecule has 0 amide bonds. The molecule has 0 heterocycles. The summed E-state index contributed by atoms with van der Waals surface area (Å²) in [6.45, 7) is 7.87. The molecule has 4 heteroatoms. The quantitative estimate of drug-likeness (QED) is 0.655. The Bertz CT molecular complexity index is 214. The van der Waals surface area contributed by atoms with Gasteiger partial charge in [-0.3, -0.25) is 4.90 Å². The smallest absolute Gasteiger partial charge is 0.0611 e. The summed E-state index contributed by atoms with van der Waals surface area (Å²) in [5, 5.41) is 9.37. The van der Waals surface area contributed by atoms with Gasteiger partial charge in [-0.1, -0.05) is 6.92 Å². The van der Waals surface area contributed by atoms with Crippen LogP contribution in [-0.4, -0.2) is 54.5 Å². The molecule has 4 nitrogen and oxygen atoms in total. The second-order valence-electron chi connectivity index (χ2n) is 5.10. The van der Waals surface area contributed by atoms with Crippen LogP contribution in [-0.2, 0) is 4.74 Å². The Labute approximate surface area is 105 Å². The normalized spacial score (nSPS) is 29.8. The van der Waals surface area contributed by atoms with Gasteiger partial charge in [0.2, 0.25) is 0 Å². The van der Waals surface area contributed by atoms with Gasteiger partial charge in [0.15, 0.2) is 0 Å². The van der Waals surface area contributed by atoms with E-state index >= 15 is 0 Å². The first kappa shape index (κ1) is 14.9. The summed E-state index contributed by atoms with van der Waals surface area (Å²) in [5.74, 6) is 0. The number of aliphatic hydroxyl groups is 1. The first-order chi connectivity index (χ1) is 8.15. The lowest BCUT2D eigenvalue weighted by atomic mass is 9.79. The average Bonchev–Trinajstić information content (AvgIpc) is 2.35. The summed E-state index contributed by atoms with van der Waals surface area (Å²) < 4.78 is 5.41. The van der Waals surface area contributed by atoms with Gasteiger partial charge in [0.05, 0.1) is 13.2 Å². The summed E-state index contributed by atoms with van der Waals surface area (Å²) >= 11 is 0. The van der Waals surface area contributed by atoms with Crippen LogP contribution in [0.25, 0.3) is 0 Å². The number of likely N-dealkylation sites (N-methyl/N-ethyl adjacent to an activating group) is 1. The van der Waals surface area contributed by atoms with Crippen LogP contribution in [0.2, 0.25) is 0 Å². The largest absolute Gasteiger partial charge is 0.394 e. The molecule has 0 aromatic rings. The van der Waals surface area contributed by atoms with Crippen LogP contribution in [0.3, 0.4) is 0 Å². The number of nitrogens with two attached hydrogens (primary N) is 1. The number of aliphatic hydroxyl groups excluding tert-OH is 1. The van der Waals surface area contributed by atoms with E-state index in [2.05, 4.69) is 11.8 Å². The van der Waals surface area contributed by atoms with Crippen LogP contribution in [0.5, 0.6) is 0 Å². The molecular formula is C13H28N2O2. The number of ether oxygens (including phenoxy) is 1. The maximum atomic E-state index is 9.37. The lowest BCUT2D eigenvalue weighted by Crippen LogP contribution is -2.53. The average molecular weight is 244 g/mol. The van der Waals surface area contributed by atoms with E-state index in [1.54, 1.807) is 0 Å². The van der Waals surface area contributed by atoms with E-state index in [-0.39, 0.29) is 12.1 Å². The van der Waals surface area contributed by atoms with Crippen molar-refractivity contribution < 1.29 is 9.84 Å². The predicted octanol–water partition coefficient (Wildman–Crippen LogP) is 0.977. The number of hydrogen-bond donors (Lipinski definition) is 2. The zero-order chi connectivity index (χ0) is 12.7. The minimum absolute atomic E-state index is 0.104. The summed E-state index contributed by atoms with van der Waals surface area (Å²) in [5.41, 5.74) is 5.83. The van der Waals surface area contributed by atoms with Crippen molar-refractivity contribution in [3.63, 3.8) is 0 Å². The summed E-state index contributed by atoms with van der Waals surface area (Å²) in [4.78, 5) is 2.44. The molecule has 0 bridgehead atoms. The second-order valence-corrected chi connectivity index (χ2v) is 5.10. The number of hydrogen-bond acceptors (Lipinski definition) is 4. The molecule has 0 aliphatic heterocycles. The van der Waals surface area contributed by atoms with Crippen LogP contribution in [0.1, 0.15) is 39.5 Å². The van der Waals surface area contributed by atoms with Gasteiger partial charge in [0.1, 0.15) is 0 Å². The van der Waals surface area contributed by atoms with Crippen LogP contribution in [0.15, 0.2) is 0 Å². The molecule has 1 rings (SSSR count). The molecule has 0 aromatic heterocycles. The highest BCUT2D eigenvalue weighted by atomic mass is 16.5. The highest BCUT2D eigenvalue weighted by Crippen LogP contribution is 2.29. The first-order valence-electron chi connectivity index (χ1n) is 6.86. The van der Waals surface area contributed by atoms with Crippen LogP contribution in [0, 0.1) is 0 Å². The lowest BCUT2D eigenvalue weighted by Gasteiger charge is -2.41. The molecule has 3 N–H and O–H groups in total. The Morgan fingerprint density at radius 2 is 2.24 bits per heavy atom. The van der Waals surface area contributed by atoms with Crippen molar-refractivity contribution in [1.82, 2.24) is 4.90 Å². The van der Waals surface area contributed by atoms with E-state index in [4.69, 9.17) is 10.5 Å².